The van der Waals surface area contributed by atoms with E-state index >= 15 is 0 Å². The molecule has 0 aliphatic heterocycles. The quantitative estimate of drug-likeness (QED) is 0.574. The number of phenolic OH excluding ortho intramolecular Hbond substituents is 1. The lowest BCUT2D eigenvalue weighted by Gasteiger charge is -2.01. The molecule has 0 bridgehead atoms. The number of hydrazone groups is 1. The Hall–Kier alpha value is -3.14. The van der Waals surface area contributed by atoms with Crippen molar-refractivity contribution < 1.29 is 9.90 Å². The fraction of sp³-hybridized carbons (Fsp3) is 0. The summed E-state index contributed by atoms with van der Waals surface area (Å²) in [5.41, 5.74) is 3.81. The maximum Gasteiger partial charge on any atom is 0.271 e. The molecule has 0 spiro atoms. The summed E-state index contributed by atoms with van der Waals surface area (Å²) in [5, 5.41) is 15.4. The number of hydrogen-bond donors (Lipinski definition) is 2. The van der Waals surface area contributed by atoms with E-state index in [1.807, 2.05) is 42.5 Å². The summed E-state index contributed by atoms with van der Waals surface area (Å²) >= 11 is 0. The van der Waals surface area contributed by atoms with Crippen LogP contribution in [-0.2, 0) is 0 Å². The predicted molar refractivity (Wildman–Crippen MR) is 87.1 cm³/mol. The maximum atomic E-state index is 11.9. The number of hydrogen-bond acceptors (Lipinski definition) is 3. The van der Waals surface area contributed by atoms with Gasteiger partial charge < -0.3 is 5.11 Å². The van der Waals surface area contributed by atoms with Gasteiger partial charge in [0.15, 0.2) is 0 Å². The van der Waals surface area contributed by atoms with Crippen molar-refractivity contribution in [2.45, 2.75) is 0 Å². The second-order valence-corrected chi connectivity index (χ2v) is 4.85. The monoisotopic (exact) mass is 290 g/mol. The number of rotatable bonds is 3. The summed E-state index contributed by atoms with van der Waals surface area (Å²) in [6, 6.07) is 20.0. The Morgan fingerprint density at radius 2 is 1.68 bits per heavy atom. The highest BCUT2D eigenvalue weighted by molar-refractivity contribution is 5.95. The van der Waals surface area contributed by atoms with Crippen molar-refractivity contribution in [1.82, 2.24) is 5.43 Å². The van der Waals surface area contributed by atoms with Crippen LogP contribution in [0.5, 0.6) is 5.75 Å². The minimum atomic E-state index is -0.322. The van der Waals surface area contributed by atoms with Crippen molar-refractivity contribution >= 4 is 22.9 Å². The highest BCUT2D eigenvalue weighted by Gasteiger charge is 2.03. The van der Waals surface area contributed by atoms with Crippen LogP contribution < -0.4 is 5.43 Å². The standard InChI is InChI=1S/C18H14N2O2/c21-17-9-7-15(8-10-17)18(22)20-19-12-13-5-6-14-3-1-2-4-16(14)11-13/h1-12,21H,(H,20,22)/b19-12+. The van der Waals surface area contributed by atoms with Crippen LogP contribution in [0, 0.1) is 0 Å². The molecule has 0 aliphatic carbocycles. The van der Waals surface area contributed by atoms with Gasteiger partial charge in [-0.3, -0.25) is 4.79 Å². The lowest BCUT2D eigenvalue weighted by atomic mass is 10.1. The zero-order valence-corrected chi connectivity index (χ0v) is 11.7. The van der Waals surface area contributed by atoms with E-state index in [-0.39, 0.29) is 11.7 Å². The van der Waals surface area contributed by atoms with Crippen molar-refractivity contribution in [3.8, 4) is 5.75 Å². The molecule has 0 fully saturated rings. The molecule has 0 aromatic heterocycles. The molecule has 0 radical (unpaired) electrons. The SMILES string of the molecule is O=C(N/N=C/c1ccc2ccccc2c1)c1ccc(O)cc1. The van der Waals surface area contributed by atoms with Gasteiger partial charge in [0.2, 0.25) is 0 Å². The zero-order valence-electron chi connectivity index (χ0n) is 11.7. The zero-order chi connectivity index (χ0) is 15.4. The fourth-order valence-corrected chi connectivity index (χ4v) is 2.13. The molecule has 108 valence electrons. The van der Waals surface area contributed by atoms with E-state index in [4.69, 9.17) is 0 Å². The number of carbonyl (C=O) groups excluding carboxylic acids is 1. The molecule has 0 heterocycles. The topological polar surface area (TPSA) is 61.7 Å². The van der Waals surface area contributed by atoms with Crippen molar-refractivity contribution in [1.29, 1.82) is 0 Å². The Kier molecular flexibility index (Phi) is 3.83. The number of phenols is 1. The van der Waals surface area contributed by atoms with E-state index in [1.54, 1.807) is 6.21 Å². The van der Waals surface area contributed by atoms with Gasteiger partial charge in [0, 0.05) is 5.56 Å². The van der Waals surface area contributed by atoms with Crippen LogP contribution in [0.3, 0.4) is 0 Å². The second kappa shape index (κ2) is 6.10. The van der Waals surface area contributed by atoms with Crippen LogP contribution in [0.2, 0.25) is 0 Å². The number of fused-ring (bicyclic) bond motifs is 1. The summed E-state index contributed by atoms with van der Waals surface area (Å²) in [6.45, 7) is 0. The van der Waals surface area contributed by atoms with Crippen molar-refractivity contribution in [3.05, 3.63) is 77.9 Å². The molecule has 3 aromatic carbocycles. The third kappa shape index (κ3) is 3.12. The number of nitrogens with zero attached hydrogens (tertiary/aromatic N) is 1. The normalized spacial score (nSPS) is 10.9. The molecular formula is C18H14N2O2. The number of carbonyl (C=O) groups is 1. The van der Waals surface area contributed by atoms with Crippen LogP contribution >= 0.6 is 0 Å². The first-order valence-electron chi connectivity index (χ1n) is 6.83. The average molecular weight is 290 g/mol. The van der Waals surface area contributed by atoms with Crippen LogP contribution in [0.15, 0.2) is 71.8 Å². The molecule has 4 nitrogen and oxygen atoms in total. The van der Waals surface area contributed by atoms with Gasteiger partial charge in [-0.2, -0.15) is 5.10 Å². The Labute approximate surface area is 127 Å². The number of aromatic hydroxyl groups is 1. The summed E-state index contributed by atoms with van der Waals surface area (Å²) in [4.78, 5) is 11.9. The Balaban J connectivity index is 1.70. The Morgan fingerprint density at radius 1 is 0.955 bits per heavy atom. The highest BCUT2D eigenvalue weighted by atomic mass is 16.3. The largest absolute Gasteiger partial charge is 0.508 e. The third-order valence-electron chi connectivity index (χ3n) is 3.28. The van der Waals surface area contributed by atoms with Crippen molar-refractivity contribution in [2.75, 3.05) is 0 Å². The highest BCUT2D eigenvalue weighted by Crippen LogP contribution is 2.14. The van der Waals surface area contributed by atoms with Crippen molar-refractivity contribution in [2.24, 2.45) is 5.10 Å². The minimum absolute atomic E-state index is 0.121. The molecule has 0 unspecified atom stereocenters. The summed E-state index contributed by atoms with van der Waals surface area (Å²) < 4.78 is 0. The molecule has 0 aliphatic rings. The van der Waals surface area contributed by atoms with Gasteiger partial charge >= 0.3 is 0 Å². The van der Waals surface area contributed by atoms with Gasteiger partial charge in [-0.25, -0.2) is 5.43 Å². The molecule has 3 rings (SSSR count). The Bertz CT molecular complexity index is 839. The molecule has 3 aromatic rings. The molecule has 0 saturated heterocycles. The van der Waals surface area contributed by atoms with Gasteiger partial charge in [0.1, 0.15) is 5.75 Å². The molecule has 4 heteroatoms. The van der Waals surface area contributed by atoms with Crippen LogP contribution in [0.25, 0.3) is 10.8 Å². The summed E-state index contributed by atoms with van der Waals surface area (Å²) in [5.74, 6) is -0.201. The van der Waals surface area contributed by atoms with Gasteiger partial charge in [0.25, 0.3) is 5.91 Å². The smallest absolute Gasteiger partial charge is 0.271 e. The van der Waals surface area contributed by atoms with Crippen LogP contribution in [0.4, 0.5) is 0 Å². The Morgan fingerprint density at radius 3 is 2.45 bits per heavy atom. The lowest BCUT2D eigenvalue weighted by molar-refractivity contribution is 0.0955. The average Bonchev–Trinajstić information content (AvgIpc) is 2.55. The predicted octanol–water partition coefficient (Wildman–Crippen LogP) is 3.31. The molecular weight excluding hydrogens is 276 g/mol. The van der Waals surface area contributed by atoms with Gasteiger partial charge in [-0.1, -0.05) is 36.4 Å². The summed E-state index contributed by atoms with van der Waals surface area (Å²) in [6.07, 6.45) is 1.60. The van der Waals surface area contributed by atoms with E-state index in [0.29, 0.717) is 5.56 Å². The third-order valence-corrected chi connectivity index (χ3v) is 3.28. The van der Waals surface area contributed by atoms with Crippen LogP contribution in [0.1, 0.15) is 15.9 Å². The first kappa shape index (κ1) is 13.8. The minimum Gasteiger partial charge on any atom is -0.508 e. The number of benzene rings is 3. The molecule has 1 amide bonds. The number of amides is 1. The second-order valence-electron chi connectivity index (χ2n) is 4.85. The molecule has 0 saturated carbocycles. The van der Waals surface area contributed by atoms with Crippen molar-refractivity contribution in [3.63, 3.8) is 0 Å². The first-order chi connectivity index (χ1) is 10.7. The van der Waals surface area contributed by atoms with Gasteiger partial charge in [0.05, 0.1) is 6.21 Å². The first-order valence-corrected chi connectivity index (χ1v) is 6.83. The van der Waals surface area contributed by atoms with E-state index in [0.717, 1.165) is 16.3 Å². The van der Waals surface area contributed by atoms with Gasteiger partial charge in [-0.15, -0.1) is 0 Å². The number of nitrogens with one attached hydrogen (secondary N) is 1. The van der Waals surface area contributed by atoms with E-state index in [9.17, 15) is 9.90 Å². The summed E-state index contributed by atoms with van der Waals surface area (Å²) in [7, 11) is 0. The lowest BCUT2D eigenvalue weighted by Crippen LogP contribution is -2.17. The van der Waals surface area contributed by atoms with E-state index in [2.05, 4.69) is 10.5 Å². The van der Waals surface area contributed by atoms with Crippen LogP contribution in [-0.4, -0.2) is 17.2 Å². The van der Waals surface area contributed by atoms with E-state index in [1.165, 1.54) is 24.3 Å². The molecule has 0 atom stereocenters. The molecule has 2 N–H and O–H groups in total. The molecule has 22 heavy (non-hydrogen) atoms. The van der Waals surface area contributed by atoms with E-state index < -0.39 is 0 Å². The fourth-order valence-electron chi connectivity index (χ4n) is 2.13. The van der Waals surface area contributed by atoms with Gasteiger partial charge in [-0.05, 0) is 46.7 Å². The maximum absolute atomic E-state index is 11.9.